The lowest BCUT2D eigenvalue weighted by Gasteiger charge is -2.01. The Labute approximate surface area is 92.1 Å². The number of carboxylic acids is 1. The molecular formula is C10H13N3O3. The molecule has 16 heavy (non-hydrogen) atoms. The average molecular weight is 223 g/mol. The first-order valence-electron chi connectivity index (χ1n) is 4.89. The second kappa shape index (κ2) is 3.97. The van der Waals surface area contributed by atoms with Crippen molar-refractivity contribution in [2.24, 2.45) is 7.05 Å². The lowest BCUT2D eigenvalue weighted by molar-refractivity contribution is 0.0698. The number of imidazole rings is 1. The molecule has 0 atom stereocenters. The van der Waals surface area contributed by atoms with E-state index in [1.807, 2.05) is 17.8 Å². The smallest absolute Gasteiger partial charge is 0.341 e. The Kier molecular flexibility index (Phi) is 2.66. The van der Waals surface area contributed by atoms with Gasteiger partial charge in [0.1, 0.15) is 11.2 Å². The van der Waals surface area contributed by atoms with Gasteiger partial charge in [-0.15, -0.1) is 0 Å². The third kappa shape index (κ3) is 1.57. The Hall–Kier alpha value is -1.82. The van der Waals surface area contributed by atoms with Crippen LogP contribution in [0.3, 0.4) is 0 Å². The summed E-state index contributed by atoms with van der Waals surface area (Å²) in [6.07, 6.45) is 3.91. The highest BCUT2D eigenvalue weighted by atomic mass is 16.5. The van der Waals surface area contributed by atoms with Crippen molar-refractivity contribution in [1.82, 2.24) is 14.2 Å². The number of rotatable bonds is 4. The molecule has 0 amide bonds. The van der Waals surface area contributed by atoms with Crippen molar-refractivity contribution in [3.63, 3.8) is 0 Å². The zero-order valence-corrected chi connectivity index (χ0v) is 9.17. The summed E-state index contributed by atoms with van der Waals surface area (Å²) >= 11 is 0. The SMILES string of the molecule is COCCc1cn2ncc(C(=O)O)c2n1C. The highest BCUT2D eigenvalue weighted by molar-refractivity contribution is 5.94. The highest BCUT2D eigenvalue weighted by Gasteiger charge is 2.16. The van der Waals surface area contributed by atoms with Crippen LogP contribution in [-0.2, 0) is 18.2 Å². The summed E-state index contributed by atoms with van der Waals surface area (Å²) in [5.74, 6) is -0.963. The molecule has 86 valence electrons. The van der Waals surface area contributed by atoms with E-state index in [1.54, 1.807) is 11.6 Å². The van der Waals surface area contributed by atoms with E-state index in [2.05, 4.69) is 5.10 Å². The van der Waals surface area contributed by atoms with Crippen molar-refractivity contribution in [3.8, 4) is 0 Å². The number of hydrogen-bond acceptors (Lipinski definition) is 3. The molecule has 2 aromatic rings. The molecule has 0 saturated carbocycles. The van der Waals surface area contributed by atoms with Crippen LogP contribution in [-0.4, -0.2) is 39.0 Å². The Morgan fingerprint density at radius 2 is 2.38 bits per heavy atom. The second-order valence-electron chi connectivity index (χ2n) is 3.55. The van der Waals surface area contributed by atoms with E-state index in [0.717, 1.165) is 12.1 Å². The molecule has 0 aromatic carbocycles. The van der Waals surface area contributed by atoms with Gasteiger partial charge in [0.25, 0.3) is 0 Å². The Bertz CT molecular complexity index is 527. The maximum absolute atomic E-state index is 11.0. The van der Waals surface area contributed by atoms with Crippen LogP contribution in [0.1, 0.15) is 16.1 Å². The fourth-order valence-electron chi connectivity index (χ4n) is 1.74. The van der Waals surface area contributed by atoms with E-state index in [-0.39, 0.29) is 5.56 Å². The van der Waals surface area contributed by atoms with Crippen LogP contribution in [0.4, 0.5) is 0 Å². The van der Waals surface area contributed by atoms with E-state index >= 15 is 0 Å². The standard InChI is InChI=1S/C10H13N3O3/c1-12-7(3-4-16-2)6-13-9(12)8(5-11-13)10(14)15/h5-6H,3-4H2,1-2H3,(H,14,15). The predicted molar refractivity (Wildman–Crippen MR) is 56.7 cm³/mol. The molecule has 0 spiro atoms. The van der Waals surface area contributed by atoms with Crippen LogP contribution in [0.2, 0.25) is 0 Å². The number of aromatic carboxylic acids is 1. The molecule has 0 aliphatic heterocycles. The third-order valence-corrected chi connectivity index (χ3v) is 2.58. The molecule has 0 bridgehead atoms. The van der Waals surface area contributed by atoms with Gasteiger partial charge < -0.3 is 14.4 Å². The predicted octanol–water partition coefficient (Wildman–Crippen LogP) is 0.560. The van der Waals surface area contributed by atoms with Crippen LogP contribution in [0.5, 0.6) is 0 Å². The normalized spacial score (nSPS) is 11.1. The van der Waals surface area contributed by atoms with Gasteiger partial charge in [0.05, 0.1) is 19.0 Å². The van der Waals surface area contributed by atoms with E-state index in [4.69, 9.17) is 9.84 Å². The molecule has 0 radical (unpaired) electrons. The highest BCUT2D eigenvalue weighted by Crippen LogP contribution is 2.14. The van der Waals surface area contributed by atoms with E-state index in [0.29, 0.717) is 12.3 Å². The van der Waals surface area contributed by atoms with Gasteiger partial charge in [-0.1, -0.05) is 0 Å². The van der Waals surface area contributed by atoms with Crippen LogP contribution < -0.4 is 0 Å². The molecular weight excluding hydrogens is 210 g/mol. The van der Waals surface area contributed by atoms with Gasteiger partial charge in [-0.3, -0.25) is 0 Å². The minimum atomic E-state index is -0.963. The minimum absolute atomic E-state index is 0.214. The van der Waals surface area contributed by atoms with E-state index in [1.165, 1.54) is 6.20 Å². The summed E-state index contributed by atoms with van der Waals surface area (Å²) in [5.41, 5.74) is 1.80. The van der Waals surface area contributed by atoms with Crippen molar-refractivity contribution in [1.29, 1.82) is 0 Å². The Balaban J connectivity index is 2.48. The fourth-order valence-corrected chi connectivity index (χ4v) is 1.74. The lowest BCUT2D eigenvalue weighted by atomic mass is 10.3. The minimum Gasteiger partial charge on any atom is -0.477 e. The first-order chi connectivity index (χ1) is 7.65. The van der Waals surface area contributed by atoms with Crippen molar-refractivity contribution in [2.45, 2.75) is 6.42 Å². The Morgan fingerprint density at radius 1 is 1.62 bits per heavy atom. The molecule has 0 unspecified atom stereocenters. The van der Waals surface area contributed by atoms with Crippen LogP contribution in [0, 0.1) is 0 Å². The monoisotopic (exact) mass is 223 g/mol. The summed E-state index contributed by atoms with van der Waals surface area (Å²) in [5, 5.41) is 13.0. The molecule has 0 aliphatic carbocycles. The zero-order valence-electron chi connectivity index (χ0n) is 9.17. The lowest BCUT2D eigenvalue weighted by Crippen LogP contribution is -2.03. The van der Waals surface area contributed by atoms with Crippen molar-refractivity contribution >= 4 is 11.6 Å². The number of hydrogen-bond donors (Lipinski definition) is 1. The van der Waals surface area contributed by atoms with Gasteiger partial charge in [0, 0.05) is 26.3 Å². The summed E-state index contributed by atoms with van der Waals surface area (Å²) in [6, 6.07) is 0. The summed E-state index contributed by atoms with van der Waals surface area (Å²) in [4.78, 5) is 11.0. The molecule has 0 saturated heterocycles. The molecule has 0 fully saturated rings. The largest absolute Gasteiger partial charge is 0.477 e. The van der Waals surface area contributed by atoms with Crippen molar-refractivity contribution in [2.75, 3.05) is 13.7 Å². The topological polar surface area (TPSA) is 68.8 Å². The number of carboxylic acid groups (broad SMARTS) is 1. The fraction of sp³-hybridized carbons (Fsp3) is 0.400. The number of fused-ring (bicyclic) bond motifs is 1. The first kappa shape index (κ1) is 10.7. The quantitative estimate of drug-likeness (QED) is 0.822. The van der Waals surface area contributed by atoms with Crippen molar-refractivity contribution in [3.05, 3.63) is 23.7 Å². The van der Waals surface area contributed by atoms with Gasteiger partial charge in [-0.25, -0.2) is 9.31 Å². The molecule has 6 heteroatoms. The number of methoxy groups -OCH3 is 1. The number of ether oxygens (including phenoxy) is 1. The van der Waals surface area contributed by atoms with Gasteiger partial charge >= 0.3 is 5.97 Å². The zero-order chi connectivity index (χ0) is 11.7. The van der Waals surface area contributed by atoms with Gasteiger partial charge in [-0.2, -0.15) is 5.10 Å². The molecule has 2 aromatic heterocycles. The number of aromatic nitrogens is 3. The summed E-state index contributed by atoms with van der Waals surface area (Å²) in [6.45, 7) is 0.601. The molecule has 2 rings (SSSR count). The molecule has 2 heterocycles. The van der Waals surface area contributed by atoms with E-state index in [9.17, 15) is 4.79 Å². The third-order valence-electron chi connectivity index (χ3n) is 2.58. The van der Waals surface area contributed by atoms with Crippen LogP contribution in [0.15, 0.2) is 12.4 Å². The maximum atomic E-state index is 11.0. The van der Waals surface area contributed by atoms with Crippen LogP contribution >= 0.6 is 0 Å². The van der Waals surface area contributed by atoms with Gasteiger partial charge in [-0.05, 0) is 0 Å². The number of nitrogens with zero attached hydrogens (tertiary/aromatic N) is 3. The molecule has 1 N–H and O–H groups in total. The summed E-state index contributed by atoms with van der Waals surface area (Å²) in [7, 11) is 3.46. The maximum Gasteiger partial charge on any atom is 0.341 e. The second-order valence-corrected chi connectivity index (χ2v) is 3.55. The summed E-state index contributed by atoms with van der Waals surface area (Å²) < 4.78 is 8.40. The molecule has 0 aliphatic rings. The van der Waals surface area contributed by atoms with E-state index < -0.39 is 5.97 Å². The average Bonchev–Trinajstić information content (AvgIpc) is 2.77. The van der Waals surface area contributed by atoms with Gasteiger partial charge in [0.15, 0.2) is 0 Å². The van der Waals surface area contributed by atoms with Gasteiger partial charge in [0.2, 0.25) is 0 Å². The van der Waals surface area contributed by atoms with Crippen molar-refractivity contribution < 1.29 is 14.6 Å². The number of aryl methyl sites for hydroxylation is 1. The first-order valence-corrected chi connectivity index (χ1v) is 4.89. The van der Waals surface area contributed by atoms with Crippen LogP contribution in [0.25, 0.3) is 5.65 Å². The number of carbonyl (C=O) groups is 1. The molecule has 6 nitrogen and oxygen atoms in total. The Morgan fingerprint density at radius 3 is 3.00 bits per heavy atom.